The second-order valence-electron chi connectivity index (χ2n) is 4.28. The molecule has 0 amide bonds. The molecule has 1 saturated carbocycles. The van der Waals surface area contributed by atoms with E-state index in [2.05, 4.69) is 5.32 Å². The van der Waals surface area contributed by atoms with Crippen LogP contribution in [0.3, 0.4) is 0 Å². The minimum atomic E-state index is -0.712. The molecule has 0 spiro atoms. The number of anilines is 1. The highest BCUT2D eigenvalue weighted by Gasteiger charge is 2.24. The van der Waals surface area contributed by atoms with E-state index in [0.717, 1.165) is 30.7 Å². The third-order valence-corrected chi connectivity index (χ3v) is 3.12. The van der Waals surface area contributed by atoms with Crippen molar-refractivity contribution >= 4 is 5.69 Å². The van der Waals surface area contributed by atoms with Gasteiger partial charge in [0.2, 0.25) is 0 Å². The van der Waals surface area contributed by atoms with E-state index in [9.17, 15) is 4.39 Å². The number of alkyl halides is 1. The fourth-order valence-corrected chi connectivity index (χ4v) is 2.15. The van der Waals surface area contributed by atoms with Crippen molar-refractivity contribution in [3.63, 3.8) is 0 Å². The summed E-state index contributed by atoms with van der Waals surface area (Å²) in [5.74, 6) is 0.825. The second kappa shape index (κ2) is 5.19. The first-order valence-corrected chi connectivity index (χ1v) is 5.84. The van der Waals surface area contributed by atoms with Crippen LogP contribution in [-0.2, 0) is 0 Å². The normalized spacial score (nSPS) is 25.1. The Morgan fingerprint density at radius 2 is 1.88 bits per heavy atom. The third-order valence-electron chi connectivity index (χ3n) is 3.12. The molecule has 2 atom stereocenters. The van der Waals surface area contributed by atoms with Gasteiger partial charge in [0.25, 0.3) is 0 Å². The van der Waals surface area contributed by atoms with Crippen LogP contribution in [-0.4, -0.2) is 19.3 Å². The van der Waals surface area contributed by atoms with Gasteiger partial charge >= 0.3 is 0 Å². The fourth-order valence-electron chi connectivity index (χ4n) is 2.15. The van der Waals surface area contributed by atoms with Crippen LogP contribution in [0.2, 0.25) is 0 Å². The number of rotatable bonds is 3. The summed E-state index contributed by atoms with van der Waals surface area (Å²) in [7, 11) is 1.64. The van der Waals surface area contributed by atoms with E-state index < -0.39 is 6.17 Å². The van der Waals surface area contributed by atoms with E-state index in [4.69, 9.17) is 4.74 Å². The average molecular weight is 223 g/mol. The van der Waals surface area contributed by atoms with Gasteiger partial charge in [0.05, 0.1) is 13.2 Å². The Morgan fingerprint density at radius 3 is 2.50 bits per heavy atom. The summed E-state index contributed by atoms with van der Waals surface area (Å²) in [5, 5.41) is 3.25. The second-order valence-corrected chi connectivity index (χ2v) is 4.28. The zero-order valence-electron chi connectivity index (χ0n) is 9.58. The molecule has 1 N–H and O–H groups in total. The molecule has 0 aliphatic heterocycles. The summed E-state index contributed by atoms with van der Waals surface area (Å²) in [6, 6.07) is 7.61. The maximum Gasteiger partial charge on any atom is 0.120 e. The molecule has 0 aromatic heterocycles. The zero-order chi connectivity index (χ0) is 11.4. The van der Waals surface area contributed by atoms with Crippen LogP contribution in [0.1, 0.15) is 25.7 Å². The number of nitrogens with one attached hydrogen (secondary N) is 1. The highest BCUT2D eigenvalue weighted by Crippen LogP contribution is 2.25. The highest BCUT2D eigenvalue weighted by atomic mass is 19.1. The van der Waals surface area contributed by atoms with Gasteiger partial charge in [-0.05, 0) is 37.1 Å². The summed E-state index contributed by atoms with van der Waals surface area (Å²) in [4.78, 5) is 0. The summed E-state index contributed by atoms with van der Waals surface area (Å²) in [6.45, 7) is 0. The van der Waals surface area contributed by atoms with Gasteiger partial charge in [-0.25, -0.2) is 4.39 Å². The van der Waals surface area contributed by atoms with Crippen LogP contribution in [0.15, 0.2) is 24.3 Å². The largest absolute Gasteiger partial charge is 0.497 e. The molecule has 0 radical (unpaired) electrons. The van der Waals surface area contributed by atoms with E-state index in [-0.39, 0.29) is 6.04 Å². The Kier molecular flexibility index (Phi) is 3.65. The van der Waals surface area contributed by atoms with Gasteiger partial charge < -0.3 is 10.1 Å². The smallest absolute Gasteiger partial charge is 0.120 e. The summed E-state index contributed by atoms with van der Waals surface area (Å²) in [5.41, 5.74) is 0.968. The molecule has 1 aliphatic carbocycles. The van der Waals surface area contributed by atoms with Gasteiger partial charge in [-0.3, -0.25) is 0 Å². The van der Waals surface area contributed by atoms with Crippen molar-refractivity contribution in [3.05, 3.63) is 24.3 Å². The molecule has 1 fully saturated rings. The molecule has 3 heteroatoms. The van der Waals surface area contributed by atoms with Crippen molar-refractivity contribution in [1.29, 1.82) is 0 Å². The predicted octanol–water partition coefficient (Wildman–Crippen LogP) is 3.39. The molecule has 0 heterocycles. The van der Waals surface area contributed by atoms with Gasteiger partial charge in [-0.15, -0.1) is 0 Å². The van der Waals surface area contributed by atoms with Crippen LogP contribution < -0.4 is 10.1 Å². The quantitative estimate of drug-likeness (QED) is 0.848. The Balaban J connectivity index is 1.96. The lowest BCUT2D eigenvalue weighted by Crippen LogP contribution is -2.33. The molecule has 88 valence electrons. The summed E-state index contributed by atoms with van der Waals surface area (Å²) < 4.78 is 18.7. The topological polar surface area (TPSA) is 21.3 Å². The monoisotopic (exact) mass is 223 g/mol. The van der Waals surface area contributed by atoms with Crippen LogP contribution in [0.4, 0.5) is 10.1 Å². The minimum absolute atomic E-state index is 0.0258. The molecule has 16 heavy (non-hydrogen) atoms. The Bertz CT molecular complexity index is 325. The molecule has 1 aromatic carbocycles. The molecule has 0 saturated heterocycles. The van der Waals surface area contributed by atoms with E-state index in [0.29, 0.717) is 6.42 Å². The number of hydrogen-bond donors (Lipinski definition) is 1. The predicted molar refractivity (Wildman–Crippen MR) is 63.8 cm³/mol. The van der Waals surface area contributed by atoms with Crippen molar-refractivity contribution in [2.24, 2.45) is 0 Å². The van der Waals surface area contributed by atoms with Gasteiger partial charge in [0.15, 0.2) is 0 Å². The molecule has 1 aromatic rings. The Morgan fingerprint density at radius 1 is 1.19 bits per heavy atom. The molecule has 2 rings (SSSR count). The summed E-state index contributed by atoms with van der Waals surface area (Å²) >= 11 is 0. The van der Waals surface area contributed by atoms with Crippen molar-refractivity contribution in [2.45, 2.75) is 37.9 Å². The zero-order valence-corrected chi connectivity index (χ0v) is 9.58. The minimum Gasteiger partial charge on any atom is -0.497 e. The SMILES string of the molecule is COc1ccc(N[C@@H]2CCCC[C@@H]2F)cc1. The molecule has 1 aliphatic rings. The van der Waals surface area contributed by atoms with Crippen molar-refractivity contribution in [2.75, 3.05) is 12.4 Å². The third kappa shape index (κ3) is 2.65. The number of halogens is 1. The van der Waals surface area contributed by atoms with Crippen LogP contribution in [0, 0.1) is 0 Å². The molecular weight excluding hydrogens is 205 g/mol. The lowest BCUT2D eigenvalue weighted by atomic mass is 9.93. The Hall–Kier alpha value is -1.25. The van der Waals surface area contributed by atoms with Gasteiger partial charge in [0, 0.05) is 5.69 Å². The first kappa shape index (κ1) is 11.2. The van der Waals surface area contributed by atoms with Crippen molar-refractivity contribution in [1.82, 2.24) is 0 Å². The molecular formula is C13H18FNO. The molecule has 0 unspecified atom stereocenters. The lowest BCUT2D eigenvalue weighted by Gasteiger charge is -2.27. The van der Waals surface area contributed by atoms with Crippen molar-refractivity contribution < 1.29 is 9.13 Å². The van der Waals surface area contributed by atoms with E-state index >= 15 is 0 Å². The lowest BCUT2D eigenvalue weighted by molar-refractivity contribution is 0.230. The first-order valence-electron chi connectivity index (χ1n) is 5.84. The summed E-state index contributed by atoms with van der Waals surface area (Å²) in [6.07, 6.45) is 3.04. The molecule has 0 bridgehead atoms. The van der Waals surface area contributed by atoms with Crippen molar-refractivity contribution in [3.8, 4) is 5.75 Å². The van der Waals surface area contributed by atoms with Gasteiger partial charge in [0.1, 0.15) is 11.9 Å². The molecule has 2 nitrogen and oxygen atoms in total. The fraction of sp³-hybridized carbons (Fsp3) is 0.538. The number of methoxy groups -OCH3 is 1. The van der Waals surface area contributed by atoms with Crippen LogP contribution in [0.25, 0.3) is 0 Å². The number of ether oxygens (including phenoxy) is 1. The average Bonchev–Trinajstić information content (AvgIpc) is 2.33. The standard InChI is InChI=1S/C13H18FNO/c1-16-11-8-6-10(7-9-11)15-13-5-3-2-4-12(13)14/h6-9,12-13,15H,2-5H2,1H3/t12-,13+/m0/s1. The van der Waals surface area contributed by atoms with E-state index in [1.54, 1.807) is 7.11 Å². The van der Waals surface area contributed by atoms with Gasteiger partial charge in [-0.1, -0.05) is 12.8 Å². The number of benzene rings is 1. The maximum absolute atomic E-state index is 13.6. The highest BCUT2D eigenvalue weighted by molar-refractivity contribution is 5.47. The van der Waals surface area contributed by atoms with Crippen LogP contribution >= 0.6 is 0 Å². The first-order chi connectivity index (χ1) is 7.79. The van der Waals surface area contributed by atoms with E-state index in [1.165, 1.54) is 0 Å². The maximum atomic E-state index is 13.6. The Labute approximate surface area is 95.8 Å². The van der Waals surface area contributed by atoms with E-state index in [1.807, 2.05) is 24.3 Å². The van der Waals surface area contributed by atoms with Gasteiger partial charge in [-0.2, -0.15) is 0 Å². The number of hydrogen-bond acceptors (Lipinski definition) is 2. The van der Waals surface area contributed by atoms with Crippen LogP contribution in [0.5, 0.6) is 5.75 Å².